The highest BCUT2D eigenvalue weighted by Gasteiger charge is 2.41. The Hall–Kier alpha value is -1.63. The van der Waals surface area contributed by atoms with Crippen LogP contribution in [0.25, 0.3) is 0 Å². The van der Waals surface area contributed by atoms with E-state index in [1.807, 2.05) is 0 Å². The van der Waals surface area contributed by atoms with Gasteiger partial charge >= 0.3 is 5.97 Å². The molecule has 1 aromatic rings. The average Bonchev–Trinajstić information content (AvgIpc) is 2.83. The molecule has 1 saturated carbocycles. The number of carboxylic acids is 1. The molecule has 0 aliphatic heterocycles. The van der Waals surface area contributed by atoms with Crippen LogP contribution in [0.4, 0.5) is 5.13 Å². The topological polar surface area (TPSA) is 105 Å². The summed E-state index contributed by atoms with van der Waals surface area (Å²) in [6.07, 6.45) is 3.16. The van der Waals surface area contributed by atoms with Gasteiger partial charge < -0.3 is 16.2 Å². The van der Waals surface area contributed by atoms with E-state index in [-0.39, 0.29) is 18.9 Å². The highest BCUT2D eigenvalue weighted by molar-refractivity contribution is 7.13. The van der Waals surface area contributed by atoms with Crippen LogP contribution in [0.3, 0.4) is 0 Å². The van der Waals surface area contributed by atoms with Crippen molar-refractivity contribution in [3.05, 3.63) is 11.1 Å². The summed E-state index contributed by atoms with van der Waals surface area (Å²) in [4.78, 5) is 27.5. The Morgan fingerprint density at radius 3 is 2.71 bits per heavy atom. The fourth-order valence-electron chi connectivity index (χ4n) is 2.68. The smallest absolute Gasteiger partial charge is 0.311 e. The molecule has 1 aliphatic rings. The number of anilines is 1. The molecule has 0 bridgehead atoms. The highest BCUT2D eigenvalue weighted by atomic mass is 32.1. The van der Waals surface area contributed by atoms with Crippen LogP contribution in [0.2, 0.25) is 0 Å². The van der Waals surface area contributed by atoms with Gasteiger partial charge in [-0.15, -0.1) is 11.3 Å². The minimum absolute atomic E-state index is 0.139. The number of nitrogens with zero attached hydrogens (tertiary/aromatic N) is 1. The number of rotatable bonds is 5. The van der Waals surface area contributed by atoms with Crippen LogP contribution in [0, 0.1) is 11.3 Å². The number of aliphatic carboxylic acids is 1. The monoisotopic (exact) mass is 311 g/mol. The molecule has 0 atom stereocenters. The Kier molecular flexibility index (Phi) is 4.82. The van der Waals surface area contributed by atoms with E-state index in [0.717, 1.165) is 12.8 Å². The lowest BCUT2D eigenvalue weighted by molar-refractivity contribution is -0.151. The Labute approximate surface area is 127 Å². The lowest BCUT2D eigenvalue weighted by Gasteiger charge is -2.35. The van der Waals surface area contributed by atoms with Gasteiger partial charge in [0.25, 0.3) is 0 Å². The molecule has 1 amide bonds. The van der Waals surface area contributed by atoms with Gasteiger partial charge in [-0.1, -0.05) is 6.92 Å². The molecule has 0 aromatic carbocycles. The first-order chi connectivity index (χ1) is 9.91. The maximum atomic E-state index is 11.9. The summed E-state index contributed by atoms with van der Waals surface area (Å²) in [5, 5.41) is 14.4. The van der Waals surface area contributed by atoms with Gasteiger partial charge in [0.05, 0.1) is 17.5 Å². The van der Waals surface area contributed by atoms with E-state index in [2.05, 4.69) is 17.2 Å². The number of amides is 1. The standard InChI is InChI=1S/C14H21N3O3S/c1-9-2-4-14(5-3-9,12(19)20)8-16-11(18)6-10-7-21-13(15)17-10/h7,9H,2-6,8H2,1H3,(H2,15,17)(H,16,18)(H,19,20). The first-order valence-corrected chi connectivity index (χ1v) is 7.99. The number of hydrogen-bond donors (Lipinski definition) is 3. The number of aromatic nitrogens is 1. The normalized spacial score (nSPS) is 25.5. The Morgan fingerprint density at radius 2 is 2.19 bits per heavy atom. The molecule has 4 N–H and O–H groups in total. The van der Waals surface area contributed by atoms with Crippen molar-refractivity contribution in [2.24, 2.45) is 11.3 Å². The van der Waals surface area contributed by atoms with E-state index in [1.54, 1.807) is 5.38 Å². The van der Waals surface area contributed by atoms with Gasteiger partial charge in [-0.2, -0.15) is 0 Å². The van der Waals surface area contributed by atoms with Crippen LogP contribution < -0.4 is 11.1 Å². The quantitative estimate of drug-likeness (QED) is 0.767. The van der Waals surface area contributed by atoms with Gasteiger partial charge in [-0.3, -0.25) is 9.59 Å². The summed E-state index contributed by atoms with van der Waals surface area (Å²) >= 11 is 1.29. The molecular formula is C14H21N3O3S. The van der Waals surface area contributed by atoms with Gasteiger partial charge in [-0.25, -0.2) is 4.98 Å². The van der Waals surface area contributed by atoms with Crippen molar-refractivity contribution in [1.82, 2.24) is 10.3 Å². The third-order valence-electron chi connectivity index (χ3n) is 4.22. The Balaban J connectivity index is 1.90. The number of carboxylic acid groups (broad SMARTS) is 1. The number of hydrogen-bond acceptors (Lipinski definition) is 5. The summed E-state index contributed by atoms with van der Waals surface area (Å²) in [6, 6.07) is 0. The zero-order valence-electron chi connectivity index (χ0n) is 12.1. The lowest BCUT2D eigenvalue weighted by atomic mass is 9.71. The van der Waals surface area contributed by atoms with Crippen molar-refractivity contribution >= 4 is 28.3 Å². The molecule has 1 heterocycles. The first kappa shape index (κ1) is 15.8. The molecule has 0 saturated heterocycles. The number of nitrogen functional groups attached to an aromatic ring is 1. The summed E-state index contributed by atoms with van der Waals surface area (Å²) < 4.78 is 0. The van der Waals surface area contributed by atoms with Crippen molar-refractivity contribution in [2.45, 2.75) is 39.0 Å². The molecular weight excluding hydrogens is 290 g/mol. The van der Waals surface area contributed by atoms with E-state index < -0.39 is 11.4 Å². The predicted octanol–water partition coefficient (Wildman–Crippen LogP) is 1.67. The van der Waals surface area contributed by atoms with E-state index >= 15 is 0 Å². The molecule has 0 spiro atoms. The lowest BCUT2D eigenvalue weighted by Crippen LogP contribution is -2.45. The third kappa shape index (κ3) is 3.93. The van der Waals surface area contributed by atoms with Crippen molar-refractivity contribution in [3.8, 4) is 0 Å². The van der Waals surface area contributed by atoms with Crippen molar-refractivity contribution < 1.29 is 14.7 Å². The summed E-state index contributed by atoms with van der Waals surface area (Å²) in [7, 11) is 0. The van der Waals surface area contributed by atoms with Gasteiger partial charge in [-0.05, 0) is 31.6 Å². The van der Waals surface area contributed by atoms with Crippen molar-refractivity contribution in [1.29, 1.82) is 0 Å². The van der Waals surface area contributed by atoms with Crippen LogP contribution in [0.5, 0.6) is 0 Å². The fraction of sp³-hybridized carbons (Fsp3) is 0.643. The maximum absolute atomic E-state index is 11.9. The number of nitrogens with two attached hydrogens (primary N) is 1. The summed E-state index contributed by atoms with van der Waals surface area (Å²) in [5.41, 5.74) is 5.32. The molecule has 1 aromatic heterocycles. The minimum Gasteiger partial charge on any atom is -0.481 e. The largest absolute Gasteiger partial charge is 0.481 e. The molecule has 1 aliphatic carbocycles. The Bertz CT molecular complexity index is 521. The van der Waals surface area contributed by atoms with Crippen LogP contribution in [0.1, 0.15) is 38.3 Å². The second-order valence-electron chi connectivity index (χ2n) is 5.90. The minimum atomic E-state index is -0.816. The van der Waals surface area contributed by atoms with Crippen molar-refractivity contribution in [2.75, 3.05) is 12.3 Å². The maximum Gasteiger partial charge on any atom is 0.311 e. The second kappa shape index (κ2) is 6.43. The van der Waals surface area contributed by atoms with Gasteiger partial charge in [0.2, 0.25) is 5.91 Å². The van der Waals surface area contributed by atoms with Crippen molar-refractivity contribution in [3.63, 3.8) is 0 Å². The average molecular weight is 311 g/mol. The van der Waals surface area contributed by atoms with Crippen LogP contribution >= 0.6 is 11.3 Å². The van der Waals surface area contributed by atoms with E-state index in [1.165, 1.54) is 11.3 Å². The molecule has 1 fully saturated rings. The van der Waals surface area contributed by atoms with Crippen LogP contribution in [-0.4, -0.2) is 28.5 Å². The molecule has 21 heavy (non-hydrogen) atoms. The Morgan fingerprint density at radius 1 is 1.52 bits per heavy atom. The summed E-state index contributed by atoms with van der Waals surface area (Å²) in [5.74, 6) is -0.460. The molecule has 0 unspecified atom stereocenters. The predicted molar refractivity (Wildman–Crippen MR) is 80.9 cm³/mol. The number of carbonyl (C=O) groups excluding carboxylic acids is 1. The number of carbonyl (C=O) groups is 2. The number of nitrogens with one attached hydrogen (secondary N) is 1. The number of thiazole rings is 1. The van der Waals surface area contributed by atoms with E-state index in [9.17, 15) is 14.7 Å². The zero-order chi connectivity index (χ0) is 15.5. The third-order valence-corrected chi connectivity index (χ3v) is 4.94. The van der Waals surface area contributed by atoms with Gasteiger partial charge in [0.15, 0.2) is 5.13 Å². The van der Waals surface area contributed by atoms with Gasteiger partial charge in [0.1, 0.15) is 0 Å². The second-order valence-corrected chi connectivity index (χ2v) is 6.79. The highest BCUT2D eigenvalue weighted by Crippen LogP contribution is 2.38. The molecule has 6 nitrogen and oxygen atoms in total. The first-order valence-electron chi connectivity index (χ1n) is 7.11. The van der Waals surface area contributed by atoms with E-state index in [0.29, 0.717) is 29.6 Å². The fourth-order valence-corrected chi connectivity index (χ4v) is 3.24. The van der Waals surface area contributed by atoms with Crippen LogP contribution in [-0.2, 0) is 16.0 Å². The van der Waals surface area contributed by atoms with Crippen LogP contribution in [0.15, 0.2) is 5.38 Å². The SMILES string of the molecule is CC1CCC(CNC(=O)Cc2csc(N)n2)(C(=O)O)CC1. The summed E-state index contributed by atoms with van der Waals surface area (Å²) in [6.45, 7) is 2.32. The molecule has 0 radical (unpaired) electrons. The molecule has 2 rings (SSSR count). The zero-order valence-corrected chi connectivity index (χ0v) is 12.9. The molecule has 7 heteroatoms. The molecule has 116 valence electrons. The van der Waals surface area contributed by atoms with Gasteiger partial charge in [0, 0.05) is 11.9 Å². The van der Waals surface area contributed by atoms with E-state index in [4.69, 9.17) is 5.73 Å².